The molecule has 1 atom stereocenters. The van der Waals surface area contributed by atoms with E-state index >= 15 is 0 Å². The molecule has 2 aromatic rings. The zero-order valence-corrected chi connectivity index (χ0v) is 17.6. The molecule has 158 valence electrons. The second-order valence-electron chi connectivity index (χ2n) is 7.65. The van der Waals surface area contributed by atoms with Crippen LogP contribution in [0, 0.1) is 11.7 Å². The Kier molecular flexibility index (Phi) is 5.60. The number of carbonyl (C=O) groups excluding carboxylic acids is 1. The Balaban J connectivity index is 1.52. The van der Waals surface area contributed by atoms with Gasteiger partial charge in [0.2, 0.25) is 5.91 Å². The summed E-state index contributed by atoms with van der Waals surface area (Å²) in [5, 5.41) is 0. The lowest BCUT2D eigenvalue weighted by Crippen LogP contribution is -2.46. The molecule has 0 saturated carbocycles. The highest BCUT2D eigenvalue weighted by Gasteiger charge is 2.36. The van der Waals surface area contributed by atoms with E-state index in [0.717, 1.165) is 18.4 Å². The summed E-state index contributed by atoms with van der Waals surface area (Å²) in [6.07, 6.45) is 1.51. The number of hydrogen-bond acceptors (Lipinski definition) is 4. The van der Waals surface area contributed by atoms with Crippen LogP contribution in [0.4, 0.5) is 4.39 Å². The number of rotatable bonds is 4. The average molecular weight is 430 g/mol. The molecule has 2 aliphatic rings. The minimum Gasteiger partial charge on any atom is -0.355 e. The van der Waals surface area contributed by atoms with Gasteiger partial charge < -0.3 is 9.80 Å². The first-order chi connectivity index (χ1) is 14.4. The first-order valence-electron chi connectivity index (χ1n) is 10.1. The van der Waals surface area contributed by atoms with Gasteiger partial charge in [0.1, 0.15) is 10.7 Å². The van der Waals surface area contributed by atoms with Gasteiger partial charge in [0.05, 0.1) is 5.92 Å². The number of amidine groups is 1. The van der Waals surface area contributed by atoms with E-state index in [1.807, 2.05) is 11.8 Å². The van der Waals surface area contributed by atoms with Crippen LogP contribution in [0.15, 0.2) is 57.8 Å². The van der Waals surface area contributed by atoms with Crippen molar-refractivity contribution in [1.82, 2.24) is 9.80 Å². The van der Waals surface area contributed by atoms with Crippen molar-refractivity contribution in [3.8, 4) is 0 Å². The lowest BCUT2D eigenvalue weighted by Gasteiger charge is -2.35. The second kappa shape index (κ2) is 8.18. The van der Waals surface area contributed by atoms with Crippen molar-refractivity contribution in [2.75, 3.05) is 19.6 Å². The van der Waals surface area contributed by atoms with Crippen LogP contribution in [-0.2, 0) is 21.4 Å². The largest absolute Gasteiger partial charge is 0.355 e. The normalized spacial score (nSPS) is 19.9. The molecule has 1 amide bonds. The molecule has 1 saturated heterocycles. The van der Waals surface area contributed by atoms with Crippen molar-refractivity contribution in [2.24, 2.45) is 10.3 Å². The fourth-order valence-electron chi connectivity index (χ4n) is 4.15. The molecule has 0 spiro atoms. The molecule has 2 heterocycles. The van der Waals surface area contributed by atoms with E-state index in [1.165, 1.54) is 12.1 Å². The average Bonchev–Trinajstić information content (AvgIpc) is 3.03. The highest BCUT2D eigenvalue weighted by molar-refractivity contribution is 7.90. The molecule has 8 heteroatoms. The predicted molar refractivity (Wildman–Crippen MR) is 112 cm³/mol. The quantitative estimate of drug-likeness (QED) is 0.749. The highest BCUT2D eigenvalue weighted by Crippen LogP contribution is 2.30. The van der Waals surface area contributed by atoms with Gasteiger partial charge in [0.15, 0.2) is 5.84 Å². The number of benzene rings is 2. The SMILES string of the molecule is CCN(Cc1cccc(F)c1)C(=O)C1CCCN(C2=NS(=O)(=O)c3ccccc32)C1. The maximum Gasteiger partial charge on any atom is 0.285 e. The van der Waals surface area contributed by atoms with E-state index in [2.05, 4.69) is 4.40 Å². The predicted octanol–water partition coefficient (Wildman–Crippen LogP) is 3.04. The highest BCUT2D eigenvalue weighted by atomic mass is 32.2. The number of piperidine rings is 1. The van der Waals surface area contributed by atoms with E-state index in [4.69, 9.17) is 0 Å². The van der Waals surface area contributed by atoms with E-state index in [9.17, 15) is 17.6 Å². The number of hydrogen-bond donors (Lipinski definition) is 0. The third-order valence-corrected chi connectivity index (χ3v) is 6.96. The molecule has 0 N–H and O–H groups in total. The summed E-state index contributed by atoms with van der Waals surface area (Å²) in [4.78, 5) is 17.1. The summed E-state index contributed by atoms with van der Waals surface area (Å²) in [6.45, 7) is 3.84. The number of halogens is 1. The Morgan fingerprint density at radius 3 is 2.80 bits per heavy atom. The van der Waals surface area contributed by atoms with Crippen molar-refractivity contribution < 1.29 is 17.6 Å². The molecule has 0 aromatic heterocycles. The number of amides is 1. The summed E-state index contributed by atoms with van der Waals surface area (Å²) in [5.74, 6) is -0.151. The summed E-state index contributed by atoms with van der Waals surface area (Å²) in [6, 6.07) is 13.1. The zero-order valence-electron chi connectivity index (χ0n) is 16.8. The summed E-state index contributed by atoms with van der Waals surface area (Å²) in [5.41, 5.74) is 1.34. The monoisotopic (exact) mass is 429 g/mol. The van der Waals surface area contributed by atoms with Gasteiger partial charge in [-0.3, -0.25) is 4.79 Å². The van der Waals surface area contributed by atoms with Crippen LogP contribution in [0.25, 0.3) is 0 Å². The molecule has 2 aliphatic heterocycles. The third kappa shape index (κ3) is 3.96. The molecule has 4 rings (SSSR count). The number of carbonyl (C=O) groups is 1. The fourth-order valence-corrected chi connectivity index (χ4v) is 5.37. The van der Waals surface area contributed by atoms with Crippen LogP contribution in [0.1, 0.15) is 30.9 Å². The Labute approximate surface area is 176 Å². The Hall–Kier alpha value is -2.74. The Morgan fingerprint density at radius 1 is 1.23 bits per heavy atom. The zero-order chi connectivity index (χ0) is 21.3. The summed E-state index contributed by atoms with van der Waals surface area (Å²) in [7, 11) is -3.69. The van der Waals surface area contributed by atoms with Crippen molar-refractivity contribution >= 4 is 21.8 Å². The van der Waals surface area contributed by atoms with Crippen LogP contribution in [-0.4, -0.2) is 49.6 Å². The van der Waals surface area contributed by atoms with Gasteiger partial charge in [0, 0.05) is 31.7 Å². The lowest BCUT2D eigenvalue weighted by molar-refractivity contribution is -0.137. The van der Waals surface area contributed by atoms with E-state index < -0.39 is 10.0 Å². The topological polar surface area (TPSA) is 70.1 Å². The molecule has 30 heavy (non-hydrogen) atoms. The van der Waals surface area contributed by atoms with Gasteiger partial charge in [-0.1, -0.05) is 24.3 Å². The maximum atomic E-state index is 13.5. The molecular weight excluding hydrogens is 405 g/mol. The third-order valence-electron chi connectivity index (χ3n) is 5.64. The second-order valence-corrected chi connectivity index (χ2v) is 9.23. The van der Waals surface area contributed by atoms with Crippen molar-refractivity contribution in [3.05, 3.63) is 65.5 Å². The molecule has 1 unspecified atom stereocenters. The molecule has 0 aliphatic carbocycles. The minimum absolute atomic E-state index is 0.00111. The summed E-state index contributed by atoms with van der Waals surface area (Å²) < 4.78 is 42.3. The molecule has 6 nitrogen and oxygen atoms in total. The van der Waals surface area contributed by atoms with Gasteiger partial charge in [0.25, 0.3) is 10.0 Å². The number of fused-ring (bicyclic) bond motifs is 1. The van der Waals surface area contributed by atoms with Crippen LogP contribution < -0.4 is 0 Å². The Bertz CT molecular complexity index is 1100. The molecule has 1 fully saturated rings. The standard InChI is InChI=1S/C22H24FN3O3S/c1-2-25(14-16-7-5-9-18(23)13-16)22(27)17-8-6-12-26(15-17)21-19-10-3-4-11-20(19)30(28,29)24-21/h3-5,7,9-11,13,17H,2,6,8,12,14-15H2,1H3. The maximum absolute atomic E-state index is 13.5. The molecule has 0 radical (unpaired) electrons. The lowest BCUT2D eigenvalue weighted by atomic mass is 9.95. The van der Waals surface area contributed by atoms with Gasteiger partial charge in [-0.05, 0) is 49.6 Å². The van der Waals surface area contributed by atoms with Gasteiger partial charge in [-0.15, -0.1) is 4.40 Å². The van der Waals surface area contributed by atoms with E-state index in [1.54, 1.807) is 41.3 Å². The van der Waals surface area contributed by atoms with E-state index in [-0.39, 0.29) is 22.5 Å². The number of nitrogens with zero attached hydrogens (tertiary/aromatic N) is 3. The van der Waals surface area contributed by atoms with Crippen molar-refractivity contribution in [2.45, 2.75) is 31.2 Å². The van der Waals surface area contributed by atoms with Crippen LogP contribution in [0.2, 0.25) is 0 Å². The number of sulfonamides is 1. The van der Waals surface area contributed by atoms with Crippen LogP contribution >= 0.6 is 0 Å². The van der Waals surface area contributed by atoms with Gasteiger partial charge >= 0.3 is 0 Å². The van der Waals surface area contributed by atoms with Crippen LogP contribution in [0.3, 0.4) is 0 Å². The van der Waals surface area contributed by atoms with Gasteiger partial charge in [-0.2, -0.15) is 8.42 Å². The molecule has 0 bridgehead atoms. The molecule has 2 aromatic carbocycles. The van der Waals surface area contributed by atoms with Crippen molar-refractivity contribution in [3.63, 3.8) is 0 Å². The first kappa shape index (κ1) is 20.5. The molecular formula is C22H24FN3O3S. The van der Waals surface area contributed by atoms with Crippen LogP contribution in [0.5, 0.6) is 0 Å². The Morgan fingerprint density at radius 2 is 2.03 bits per heavy atom. The first-order valence-corrected chi connectivity index (χ1v) is 11.6. The van der Waals surface area contributed by atoms with Gasteiger partial charge in [-0.25, -0.2) is 4.39 Å². The summed E-state index contributed by atoms with van der Waals surface area (Å²) >= 11 is 0. The fraction of sp³-hybridized carbons (Fsp3) is 0.364. The van der Waals surface area contributed by atoms with Crippen molar-refractivity contribution in [1.29, 1.82) is 0 Å². The smallest absolute Gasteiger partial charge is 0.285 e. The number of likely N-dealkylation sites (tertiary alicyclic amines) is 1. The minimum atomic E-state index is -3.69. The van der Waals surface area contributed by atoms with E-state index in [0.29, 0.717) is 37.6 Å².